The van der Waals surface area contributed by atoms with Gasteiger partial charge in [0, 0.05) is 13.1 Å². The minimum atomic E-state index is -0.600. The van der Waals surface area contributed by atoms with E-state index in [2.05, 4.69) is 5.32 Å². The van der Waals surface area contributed by atoms with Gasteiger partial charge in [0.25, 0.3) is 0 Å². The Labute approximate surface area is 170 Å². The van der Waals surface area contributed by atoms with Gasteiger partial charge in [-0.05, 0) is 44.0 Å². The number of halogens is 2. The van der Waals surface area contributed by atoms with E-state index in [1.54, 1.807) is 24.0 Å². The molecule has 2 amide bonds. The van der Waals surface area contributed by atoms with Crippen molar-refractivity contribution in [3.8, 4) is 0 Å². The van der Waals surface area contributed by atoms with E-state index in [9.17, 15) is 9.59 Å². The summed E-state index contributed by atoms with van der Waals surface area (Å²) in [7, 11) is 0. The number of carbonyl (C=O) groups is 2. The molecule has 0 heterocycles. The Kier molecular flexibility index (Phi) is 7.69. The first-order valence-electron chi connectivity index (χ1n) is 8.88. The maximum absolute atomic E-state index is 13.0. The van der Waals surface area contributed by atoms with Crippen LogP contribution in [0.5, 0.6) is 0 Å². The van der Waals surface area contributed by atoms with Crippen molar-refractivity contribution in [1.29, 1.82) is 0 Å². The third-order valence-electron chi connectivity index (χ3n) is 4.29. The second-order valence-corrected chi connectivity index (χ2v) is 7.32. The summed E-state index contributed by atoms with van der Waals surface area (Å²) < 4.78 is 0. The Morgan fingerprint density at radius 2 is 1.81 bits per heavy atom. The first-order valence-corrected chi connectivity index (χ1v) is 9.64. The van der Waals surface area contributed by atoms with Crippen molar-refractivity contribution in [2.75, 3.05) is 6.54 Å². The number of nitrogens with one attached hydrogen (secondary N) is 1. The van der Waals surface area contributed by atoms with E-state index < -0.39 is 6.04 Å². The molecular formula is C21H24Cl2N2O2. The van der Waals surface area contributed by atoms with E-state index in [1.807, 2.05) is 44.2 Å². The van der Waals surface area contributed by atoms with Crippen LogP contribution < -0.4 is 5.32 Å². The molecule has 2 aromatic rings. The van der Waals surface area contributed by atoms with E-state index in [0.717, 1.165) is 16.7 Å². The molecule has 0 saturated carbocycles. The van der Waals surface area contributed by atoms with Crippen molar-refractivity contribution in [3.63, 3.8) is 0 Å². The number of aryl methyl sites for hydroxylation is 1. The summed E-state index contributed by atoms with van der Waals surface area (Å²) in [5.74, 6) is -0.305. The predicted octanol–water partition coefficient (Wildman–Crippen LogP) is 4.40. The van der Waals surface area contributed by atoms with Crippen molar-refractivity contribution in [3.05, 3.63) is 69.2 Å². The highest BCUT2D eigenvalue weighted by Crippen LogP contribution is 2.24. The van der Waals surface area contributed by atoms with Crippen LogP contribution in [0.4, 0.5) is 0 Å². The zero-order valence-electron chi connectivity index (χ0n) is 15.8. The first kappa shape index (κ1) is 21.3. The molecule has 2 rings (SSSR count). The summed E-state index contributed by atoms with van der Waals surface area (Å²) in [4.78, 5) is 26.9. The zero-order chi connectivity index (χ0) is 20.0. The smallest absolute Gasteiger partial charge is 0.242 e. The van der Waals surface area contributed by atoms with Crippen molar-refractivity contribution in [2.24, 2.45) is 0 Å². The lowest BCUT2D eigenvalue weighted by Gasteiger charge is -2.29. The minimum absolute atomic E-state index is 0.120. The van der Waals surface area contributed by atoms with Gasteiger partial charge in [0.05, 0.1) is 16.5 Å². The Hall–Kier alpha value is -2.04. The normalized spacial score (nSPS) is 11.7. The summed E-state index contributed by atoms with van der Waals surface area (Å²) in [6, 6.07) is 12.4. The molecule has 1 N–H and O–H groups in total. The number of hydrogen-bond acceptors (Lipinski definition) is 2. The maximum atomic E-state index is 13.0. The third-order valence-corrected chi connectivity index (χ3v) is 5.03. The van der Waals surface area contributed by atoms with Gasteiger partial charge in [0.1, 0.15) is 6.04 Å². The summed E-state index contributed by atoms with van der Waals surface area (Å²) in [5.41, 5.74) is 2.83. The van der Waals surface area contributed by atoms with E-state index in [1.165, 1.54) is 0 Å². The first-order chi connectivity index (χ1) is 12.8. The van der Waals surface area contributed by atoms with Crippen LogP contribution in [0.3, 0.4) is 0 Å². The predicted molar refractivity (Wildman–Crippen MR) is 110 cm³/mol. The number of rotatable bonds is 7. The van der Waals surface area contributed by atoms with Gasteiger partial charge >= 0.3 is 0 Å². The number of nitrogens with zero attached hydrogens (tertiary/aromatic N) is 1. The Morgan fingerprint density at radius 1 is 1.07 bits per heavy atom. The molecule has 0 aliphatic carbocycles. The molecule has 0 radical (unpaired) electrons. The Balaban J connectivity index is 2.26. The topological polar surface area (TPSA) is 49.4 Å². The SMILES string of the molecule is CCNC(=O)[C@H](C)N(Cc1ccc(Cl)c(Cl)c1)C(=O)Cc1cccc(C)c1. The monoisotopic (exact) mass is 406 g/mol. The molecule has 0 spiro atoms. The van der Waals surface area contributed by atoms with E-state index in [0.29, 0.717) is 16.6 Å². The van der Waals surface area contributed by atoms with E-state index in [-0.39, 0.29) is 24.8 Å². The number of amides is 2. The van der Waals surface area contributed by atoms with Gasteiger partial charge in [0.2, 0.25) is 11.8 Å². The van der Waals surface area contributed by atoms with Crippen LogP contribution in [0.1, 0.15) is 30.5 Å². The molecule has 4 nitrogen and oxygen atoms in total. The molecule has 1 atom stereocenters. The molecule has 6 heteroatoms. The van der Waals surface area contributed by atoms with Gasteiger partial charge < -0.3 is 10.2 Å². The summed E-state index contributed by atoms with van der Waals surface area (Å²) in [6.07, 6.45) is 0.229. The molecule has 0 aromatic heterocycles. The second-order valence-electron chi connectivity index (χ2n) is 6.51. The van der Waals surface area contributed by atoms with Gasteiger partial charge in [-0.25, -0.2) is 0 Å². The maximum Gasteiger partial charge on any atom is 0.242 e. The largest absolute Gasteiger partial charge is 0.355 e. The number of benzene rings is 2. The summed E-state index contributed by atoms with van der Waals surface area (Å²) >= 11 is 12.1. The molecule has 27 heavy (non-hydrogen) atoms. The van der Waals surface area contributed by atoms with Gasteiger partial charge in [-0.2, -0.15) is 0 Å². The Morgan fingerprint density at radius 3 is 2.44 bits per heavy atom. The van der Waals surface area contributed by atoms with Crippen molar-refractivity contribution >= 4 is 35.0 Å². The van der Waals surface area contributed by atoms with E-state index in [4.69, 9.17) is 23.2 Å². The van der Waals surface area contributed by atoms with Crippen molar-refractivity contribution in [2.45, 2.75) is 39.8 Å². The van der Waals surface area contributed by atoms with Crippen molar-refractivity contribution < 1.29 is 9.59 Å². The highest BCUT2D eigenvalue weighted by atomic mass is 35.5. The molecule has 0 unspecified atom stereocenters. The van der Waals surface area contributed by atoms with Gasteiger partial charge in [0.15, 0.2) is 0 Å². The minimum Gasteiger partial charge on any atom is -0.355 e. The lowest BCUT2D eigenvalue weighted by Crippen LogP contribution is -2.48. The van der Waals surface area contributed by atoms with Gasteiger partial charge in [-0.3, -0.25) is 9.59 Å². The fraction of sp³-hybridized carbons (Fsp3) is 0.333. The molecule has 2 aromatic carbocycles. The second kappa shape index (κ2) is 9.77. The summed E-state index contributed by atoms with van der Waals surface area (Å²) in [5, 5.41) is 3.66. The van der Waals surface area contributed by atoms with Crippen molar-refractivity contribution in [1.82, 2.24) is 10.2 Å². The van der Waals surface area contributed by atoms with Crippen LogP contribution in [0, 0.1) is 6.92 Å². The molecule has 0 aliphatic rings. The fourth-order valence-corrected chi connectivity index (χ4v) is 3.16. The highest BCUT2D eigenvalue weighted by molar-refractivity contribution is 6.42. The lowest BCUT2D eigenvalue weighted by atomic mass is 10.1. The molecule has 0 saturated heterocycles. The van der Waals surface area contributed by atoms with Crippen LogP contribution in [-0.2, 0) is 22.6 Å². The quantitative estimate of drug-likeness (QED) is 0.740. The van der Waals surface area contributed by atoms with Gasteiger partial charge in [-0.15, -0.1) is 0 Å². The van der Waals surface area contributed by atoms with Gasteiger partial charge in [-0.1, -0.05) is 59.1 Å². The summed E-state index contributed by atoms with van der Waals surface area (Å²) in [6.45, 7) is 6.35. The number of carbonyl (C=O) groups excluding carboxylic acids is 2. The molecule has 0 aliphatic heterocycles. The molecule has 144 valence electrons. The van der Waals surface area contributed by atoms with E-state index >= 15 is 0 Å². The standard InChI is InChI=1S/C21H24Cl2N2O2/c1-4-24-21(27)15(3)25(13-17-8-9-18(22)19(23)11-17)20(26)12-16-7-5-6-14(2)10-16/h5-11,15H,4,12-13H2,1-3H3,(H,24,27)/t15-/m0/s1. The Bertz CT molecular complexity index is 824. The average Bonchev–Trinajstić information content (AvgIpc) is 2.62. The number of likely N-dealkylation sites (N-methyl/N-ethyl adjacent to an activating group) is 1. The lowest BCUT2D eigenvalue weighted by molar-refractivity contribution is -0.140. The molecule has 0 fully saturated rings. The zero-order valence-corrected chi connectivity index (χ0v) is 17.3. The van der Waals surface area contributed by atoms with Crippen LogP contribution in [0.15, 0.2) is 42.5 Å². The number of hydrogen-bond donors (Lipinski definition) is 1. The third kappa shape index (κ3) is 5.98. The van der Waals surface area contributed by atoms with Crippen LogP contribution in [-0.4, -0.2) is 29.3 Å². The average molecular weight is 407 g/mol. The van der Waals surface area contributed by atoms with Crippen LogP contribution in [0.2, 0.25) is 10.0 Å². The molecular weight excluding hydrogens is 383 g/mol. The highest BCUT2D eigenvalue weighted by Gasteiger charge is 2.26. The van der Waals surface area contributed by atoms with Crippen LogP contribution >= 0.6 is 23.2 Å². The van der Waals surface area contributed by atoms with Crippen LogP contribution in [0.25, 0.3) is 0 Å². The molecule has 0 bridgehead atoms. The fourth-order valence-electron chi connectivity index (χ4n) is 2.84.